The lowest BCUT2D eigenvalue weighted by Gasteiger charge is -2.47. The predicted octanol–water partition coefficient (Wildman–Crippen LogP) is 0.975. The first-order chi connectivity index (χ1) is 8.63. The Hall–Kier alpha value is -1.30. The summed E-state index contributed by atoms with van der Waals surface area (Å²) in [6.45, 7) is 3.58. The molecule has 6 heteroatoms. The number of rotatable bonds is 5. The third-order valence-corrected chi connectivity index (χ3v) is 4.47. The van der Waals surface area contributed by atoms with Crippen LogP contribution in [0, 0.1) is 0 Å². The zero-order chi connectivity index (χ0) is 14.8. The summed E-state index contributed by atoms with van der Waals surface area (Å²) in [6.07, 6.45) is 3.29. The fourth-order valence-corrected chi connectivity index (χ4v) is 2.12. The molecule has 0 aromatic carbocycles. The molecule has 0 saturated heterocycles. The molecule has 0 atom stereocenters. The monoisotopic (exact) mass is 271 g/mol. The Morgan fingerprint density at radius 3 is 2.11 bits per heavy atom. The lowest BCUT2D eigenvalue weighted by Crippen LogP contribution is -2.60. The summed E-state index contributed by atoms with van der Waals surface area (Å²) in [7, 11) is 5.53. The molecule has 6 nitrogen and oxygen atoms in total. The number of urea groups is 1. The number of carboxylic acids is 1. The Kier molecular flexibility index (Phi) is 4.45. The molecule has 1 aliphatic carbocycles. The molecule has 1 rings (SSSR count). The van der Waals surface area contributed by atoms with E-state index in [-0.39, 0.29) is 11.6 Å². The van der Waals surface area contributed by atoms with Crippen LogP contribution in [0.4, 0.5) is 4.79 Å². The maximum atomic E-state index is 12.0. The number of carboxylic acid groups (broad SMARTS) is 1. The van der Waals surface area contributed by atoms with Gasteiger partial charge in [0.2, 0.25) is 0 Å². The first-order valence-corrected chi connectivity index (χ1v) is 6.56. The molecular formula is C13H25N3O3. The van der Waals surface area contributed by atoms with Crippen LogP contribution in [0.2, 0.25) is 0 Å². The normalized spacial score (nSPS) is 17.8. The van der Waals surface area contributed by atoms with Gasteiger partial charge in [0.05, 0.1) is 0 Å². The molecule has 19 heavy (non-hydrogen) atoms. The first kappa shape index (κ1) is 15.8. The third-order valence-electron chi connectivity index (χ3n) is 4.47. The minimum atomic E-state index is -1.21. The molecule has 2 amide bonds. The van der Waals surface area contributed by atoms with E-state index in [0.717, 1.165) is 12.8 Å². The van der Waals surface area contributed by atoms with Gasteiger partial charge in [0, 0.05) is 19.1 Å². The number of hydrogen-bond donors (Lipinski definition) is 2. The maximum Gasteiger partial charge on any atom is 0.329 e. The van der Waals surface area contributed by atoms with Gasteiger partial charge in [-0.2, -0.15) is 0 Å². The Morgan fingerprint density at radius 2 is 1.79 bits per heavy atom. The molecule has 0 heterocycles. The van der Waals surface area contributed by atoms with Crippen molar-refractivity contribution >= 4 is 12.0 Å². The zero-order valence-electron chi connectivity index (χ0n) is 12.5. The maximum absolute atomic E-state index is 12.0. The molecule has 1 aliphatic rings. The number of nitrogens with one attached hydrogen (secondary N) is 1. The average molecular weight is 271 g/mol. The highest BCUT2D eigenvalue weighted by Gasteiger charge is 2.40. The summed E-state index contributed by atoms with van der Waals surface area (Å²) >= 11 is 0. The van der Waals surface area contributed by atoms with E-state index in [1.807, 2.05) is 14.1 Å². The highest BCUT2D eigenvalue weighted by Crippen LogP contribution is 2.35. The van der Waals surface area contributed by atoms with Crippen LogP contribution < -0.4 is 5.32 Å². The Labute approximate surface area is 114 Å². The van der Waals surface area contributed by atoms with Crippen molar-refractivity contribution in [1.82, 2.24) is 15.1 Å². The molecule has 0 aliphatic heterocycles. The summed E-state index contributed by atoms with van der Waals surface area (Å²) in [5.41, 5.74) is -1.18. The molecule has 0 aromatic rings. The van der Waals surface area contributed by atoms with Gasteiger partial charge < -0.3 is 20.2 Å². The van der Waals surface area contributed by atoms with Gasteiger partial charge in [-0.1, -0.05) is 0 Å². The quantitative estimate of drug-likeness (QED) is 0.781. The molecule has 0 unspecified atom stereocenters. The van der Waals surface area contributed by atoms with Gasteiger partial charge in [-0.25, -0.2) is 9.59 Å². The lowest BCUT2D eigenvalue weighted by atomic mass is 9.75. The van der Waals surface area contributed by atoms with E-state index in [1.165, 1.54) is 32.2 Å². The van der Waals surface area contributed by atoms with Crippen molar-refractivity contribution in [3.05, 3.63) is 0 Å². The van der Waals surface area contributed by atoms with Crippen molar-refractivity contribution in [1.29, 1.82) is 0 Å². The van der Waals surface area contributed by atoms with Crippen LogP contribution in [0.5, 0.6) is 0 Å². The molecule has 0 bridgehead atoms. The Bertz CT molecular complexity index is 362. The smallest absolute Gasteiger partial charge is 0.329 e. The van der Waals surface area contributed by atoms with Crippen molar-refractivity contribution in [2.75, 3.05) is 27.7 Å². The minimum Gasteiger partial charge on any atom is -0.480 e. The second-order valence-corrected chi connectivity index (χ2v) is 6.05. The lowest BCUT2D eigenvalue weighted by molar-refractivity contribution is -0.146. The van der Waals surface area contributed by atoms with Crippen LogP contribution in [0.3, 0.4) is 0 Å². The highest BCUT2D eigenvalue weighted by atomic mass is 16.4. The van der Waals surface area contributed by atoms with Crippen molar-refractivity contribution in [2.24, 2.45) is 0 Å². The Morgan fingerprint density at radius 1 is 1.26 bits per heavy atom. The van der Waals surface area contributed by atoms with E-state index in [0.29, 0.717) is 6.54 Å². The summed E-state index contributed by atoms with van der Waals surface area (Å²) in [5.74, 6) is -1.02. The van der Waals surface area contributed by atoms with Crippen LogP contribution in [0.25, 0.3) is 0 Å². The van der Waals surface area contributed by atoms with E-state index in [4.69, 9.17) is 5.11 Å². The number of amides is 2. The van der Waals surface area contributed by atoms with E-state index in [9.17, 15) is 9.59 Å². The topological polar surface area (TPSA) is 72.9 Å². The standard InChI is InChI=1S/C13H25N3O3/c1-12(2,10(17)18)16(5)11(19)14-9-13(15(3)4)7-6-8-13/h6-9H2,1-5H3,(H,14,19)(H,17,18). The number of aliphatic carboxylic acids is 1. The molecule has 0 spiro atoms. The second-order valence-electron chi connectivity index (χ2n) is 6.05. The average Bonchev–Trinajstić information content (AvgIpc) is 2.25. The van der Waals surface area contributed by atoms with E-state index in [1.54, 1.807) is 0 Å². The number of carbonyl (C=O) groups excluding carboxylic acids is 1. The van der Waals surface area contributed by atoms with Crippen LogP contribution in [-0.2, 0) is 4.79 Å². The summed E-state index contributed by atoms with van der Waals surface area (Å²) in [6, 6.07) is -0.347. The van der Waals surface area contributed by atoms with Gasteiger partial charge in [-0.15, -0.1) is 0 Å². The molecule has 1 saturated carbocycles. The number of nitrogens with zero attached hydrogens (tertiary/aromatic N) is 2. The molecule has 0 radical (unpaired) electrons. The molecule has 110 valence electrons. The Balaban J connectivity index is 2.58. The third kappa shape index (κ3) is 3.00. The molecular weight excluding hydrogens is 246 g/mol. The van der Waals surface area contributed by atoms with Gasteiger partial charge in [0.25, 0.3) is 0 Å². The van der Waals surface area contributed by atoms with Crippen molar-refractivity contribution in [3.8, 4) is 0 Å². The zero-order valence-corrected chi connectivity index (χ0v) is 12.5. The van der Waals surface area contributed by atoms with Gasteiger partial charge in [0.1, 0.15) is 5.54 Å². The highest BCUT2D eigenvalue weighted by molar-refractivity contribution is 5.85. The fourth-order valence-electron chi connectivity index (χ4n) is 2.12. The number of carbonyl (C=O) groups is 2. The van der Waals surface area contributed by atoms with Crippen LogP contribution in [0.15, 0.2) is 0 Å². The van der Waals surface area contributed by atoms with Crippen molar-refractivity contribution < 1.29 is 14.7 Å². The molecule has 0 aromatic heterocycles. The van der Waals surface area contributed by atoms with Gasteiger partial charge in [-0.3, -0.25) is 0 Å². The van der Waals surface area contributed by atoms with E-state index in [2.05, 4.69) is 10.2 Å². The number of likely N-dealkylation sites (N-methyl/N-ethyl adjacent to an activating group) is 2. The number of hydrogen-bond acceptors (Lipinski definition) is 3. The predicted molar refractivity (Wildman–Crippen MR) is 73.1 cm³/mol. The van der Waals surface area contributed by atoms with Gasteiger partial charge in [-0.05, 0) is 47.2 Å². The summed E-state index contributed by atoms with van der Waals surface area (Å²) in [4.78, 5) is 26.5. The molecule has 1 fully saturated rings. The summed E-state index contributed by atoms with van der Waals surface area (Å²) < 4.78 is 0. The summed E-state index contributed by atoms with van der Waals surface area (Å²) in [5, 5.41) is 12.0. The second kappa shape index (κ2) is 5.36. The van der Waals surface area contributed by atoms with Crippen LogP contribution in [0.1, 0.15) is 33.1 Å². The SMILES string of the molecule is CN(C)C1(CNC(=O)N(C)C(C)(C)C(=O)O)CCC1. The van der Waals surface area contributed by atoms with Crippen LogP contribution in [-0.4, -0.2) is 65.7 Å². The van der Waals surface area contributed by atoms with Crippen LogP contribution >= 0.6 is 0 Å². The largest absolute Gasteiger partial charge is 0.480 e. The van der Waals surface area contributed by atoms with Gasteiger partial charge >= 0.3 is 12.0 Å². The first-order valence-electron chi connectivity index (χ1n) is 6.56. The van der Waals surface area contributed by atoms with E-state index >= 15 is 0 Å². The van der Waals surface area contributed by atoms with Crippen molar-refractivity contribution in [3.63, 3.8) is 0 Å². The fraction of sp³-hybridized carbons (Fsp3) is 0.846. The van der Waals surface area contributed by atoms with E-state index < -0.39 is 11.5 Å². The van der Waals surface area contributed by atoms with Gasteiger partial charge in [0.15, 0.2) is 0 Å². The minimum absolute atomic E-state index is 0.0316. The van der Waals surface area contributed by atoms with Crippen molar-refractivity contribution in [2.45, 2.75) is 44.2 Å². The molecule has 2 N–H and O–H groups in total.